The monoisotopic (exact) mass is 274 g/mol. The summed E-state index contributed by atoms with van der Waals surface area (Å²) in [7, 11) is 2.80. The zero-order valence-electron chi connectivity index (χ0n) is 11.6. The number of para-hydroxylation sites is 1. The fourth-order valence-electron chi connectivity index (χ4n) is 1.20. The summed E-state index contributed by atoms with van der Waals surface area (Å²) >= 11 is 0. The van der Waals surface area contributed by atoms with Crippen LogP contribution >= 0.6 is 0 Å². The van der Waals surface area contributed by atoms with Gasteiger partial charge in [-0.15, -0.1) is 0 Å². The van der Waals surface area contributed by atoms with Gasteiger partial charge in [-0.2, -0.15) is 8.42 Å². The standard InChI is InChI=1S/C9H14N.C4H10O3S/c1-10(2,3)9-7-5-4-6-8-9;1-2-3-4-8(5,6)7/h4-8H,1-3H3;2-4H2,1H3,(H,5,6,7)/q+1;. The van der Waals surface area contributed by atoms with E-state index in [0.717, 1.165) is 10.9 Å². The lowest BCUT2D eigenvalue weighted by Gasteiger charge is -2.22. The first-order valence-electron chi connectivity index (χ1n) is 5.99. The second-order valence-electron chi connectivity index (χ2n) is 4.99. The fourth-order valence-corrected chi connectivity index (χ4v) is 1.86. The van der Waals surface area contributed by atoms with Crippen molar-refractivity contribution in [3.63, 3.8) is 0 Å². The van der Waals surface area contributed by atoms with Crippen LogP contribution in [0.1, 0.15) is 19.8 Å². The van der Waals surface area contributed by atoms with Gasteiger partial charge in [-0.25, -0.2) is 0 Å². The second kappa shape index (κ2) is 7.51. The van der Waals surface area contributed by atoms with Gasteiger partial charge >= 0.3 is 0 Å². The van der Waals surface area contributed by atoms with Gasteiger partial charge in [0.2, 0.25) is 0 Å². The normalized spacial score (nSPS) is 11.6. The minimum Gasteiger partial charge on any atom is -0.298 e. The molecule has 1 aromatic carbocycles. The largest absolute Gasteiger partial charge is 0.298 e. The Balaban J connectivity index is 0.000000331. The number of hydrogen-bond acceptors (Lipinski definition) is 2. The molecule has 0 amide bonds. The Bertz CT molecular complexity index is 421. The van der Waals surface area contributed by atoms with Crippen LogP contribution in [0.2, 0.25) is 0 Å². The molecule has 1 aromatic rings. The van der Waals surface area contributed by atoms with Crippen molar-refractivity contribution in [3.05, 3.63) is 30.3 Å². The Morgan fingerprint density at radius 2 is 1.61 bits per heavy atom. The highest BCUT2D eigenvalue weighted by atomic mass is 32.2. The molecule has 0 bridgehead atoms. The third-order valence-corrected chi connectivity index (χ3v) is 3.09. The van der Waals surface area contributed by atoms with E-state index >= 15 is 0 Å². The highest BCUT2D eigenvalue weighted by Crippen LogP contribution is 2.14. The Morgan fingerprint density at radius 1 is 1.11 bits per heavy atom. The maximum atomic E-state index is 9.95. The van der Waals surface area contributed by atoms with Crippen molar-refractivity contribution in [1.82, 2.24) is 4.48 Å². The summed E-state index contributed by atoms with van der Waals surface area (Å²) in [6.07, 6.45) is 1.33. The predicted octanol–water partition coefficient (Wildman–Crippen LogP) is 2.56. The summed E-state index contributed by atoms with van der Waals surface area (Å²) in [4.78, 5) is 0. The number of unbranched alkanes of at least 4 members (excludes halogenated alkanes) is 1. The van der Waals surface area contributed by atoms with E-state index < -0.39 is 10.1 Å². The molecule has 104 valence electrons. The summed E-state index contributed by atoms with van der Waals surface area (Å²) < 4.78 is 28.9. The van der Waals surface area contributed by atoms with Crippen molar-refractivity contribution < 1.29 is 13.0 Å². The van der Waals surface area contributed by atoms with E-state index in [1.165, 1.54) is 5.69 Å². The average Bonchev–Trinajstić information content (AvgIpc) is 2.26. The zero-order valence-corrected chi connectivity index (χ0v) is 12.4. The zero-order chi connectivity index (χ0) is 14.2. The molecule has 0 radical (unpaired) electrons. The van der Waals surface area contributed by atoms with Crippen LogP contribution in [0.5, 0.6) is 0 Å². The lowest BCUT2D eigenvalue weighted by molar-refractivity contribution is 0.480. The smallest absolute Gasteiger partial charge is 0.264 e. The molecule has 0 aliphatic carbocycles. The number of hydrogen-bond donors (Lipinski definition) is 1. The van der Waals surface area contributed by atoms with Crippen LogP contribution < -0.4 is 4.48 Å². The van der Waals surface area contributed by atoms with Crippen molar-refractivity contribution in [2.75, 3.05) is 26.9 Å². The van der Waals surface area contributed by atoms with Crippen molar-refractivity contribution in [3.8, 4) is 0 Å². The van der Waals surface area contributed by atoms with E-state index in [9.17, 15) is 8.42 Å². The molecule has 18 heavy (non-hydrogen) atoms. The van der Waals surface area contributed by atoms with Crippen molar-refractivity contribution in [1.29, 1.82) is 0 Å². The van der Waals surface area contributed by atoms with Gasteiger partial charge in [0, 0.05) is 0 Å². The van der Waals surface area contributed by atoms with E-state index in [4.69, 9.17) is 4.55 Å². The average molecular weight is 274 g/mol. The van der Waals surface area contributed by atoms with Gasteiger partial charge in [0.15, 0.2) is 0 Å². The number of benzene rings is 1. The second-order valence-corrected chi connectivity index (χ2v) is 6.56. The van der Waals surface area contributed by atoms with Crippen molar-refractivity contribution >= 4 is 15.8 Å². The van der Waals surface area contributed by atoms with E-state index in [1.807, 2.05) is 13.0 Å². The minimum atomic E-state index is -3.69. The molecule has 0 saturated carbocycles. The fraction of sp³-hybridized carbons (Fsp3) is 0.538. The number of rotatable bonds is 4. The predicted molar refractivity (Wildman–Crippen MR) is 77.3 cm³/mol. The molecule has 0 saturated heterocycles. The third-order valence-electron chi connectivity index (χ3n) is 2.29. The molecule has 1 rings (SSSR count). The van der Waals surface area contributed by atoms with Crippen LogP contribution in [0.15, 0.2) is 30.3 Å². The van der Waals surface area contributed by atoms with Crippen molar-refractivity contribution in [2.45, 2.75) is 19.8 Å². The quantitative estimate of drug-likeness (QED) is 0.678. The Morgan fingerprint density at radius 3 is 1.83 bits per heavy atom. The topological polar surface area (TPSA) is 54.4 Å². The Labute approximate surface area is 111 Å². The van der Waals surface area contributed by atoms with Gasteiger partial charge in [-0.05, 0) is 18.6 Å². The molecular weight excluding hydrogens is 250 g/mol. The summed E-state index contributed by atoms with van der Waals surface area (Å²) in [6, 6.07) is 10.5. The van der Waals surface area contributed by atoms with Crippen LogP contribution in [-0.2, 0) is 10.1 Å². The molecule has 0 aliphatic rings. The number of nitrogens with zero attached hydrogens (tertiary/aromatic N) is 1. The first-order chi connectivity index (χ1) is 8.17. The number of quaternary nitrogens is 1. The maximum absolute atomic E-state index is 9.95. The minimum absolute atomic E-state index is 0.108. The Kier molecular flexibility index (Phi) is 7.13. The van der Waals surface area contributed by atoms with E-state index in [0.29, 0.717) is 6.42 Å². The van der Waals surface area contributed by atoms with Crippen molar-refractivity contribution in [2.24, 2.45) is 0 Å². The molecule has 0 heterocycles. The molecule has 1 N–H and O–H groups in total. The van der Waals surface area contributed by atoms with Crippen LogP contribution in [-0.4, -0.2) is 39.9 Å². The van der Waals surface area contributed by atoms with E-state index in [-0.39, 0.29) is 5.75 Å². The molecule has 0 spiro atoms. The lowest BCUT2D eigenvalue weighted by atomic mass is 10.3. The van der Waals surface area contributed by atoms with E-state index in [1.54, 1.807) is 0 Å². The molecule has 4 nitrogen and oxygen atoms in total. The molecular formula is C13H24NO3S+. The summed E-state index contributed by atoms with van der Waals surface area (Å²) in [6.45, 7) is 1.87. The molecule has 0 aliphatic heterocycles. The third kappa shape index (κ3) is 9.15. The van der Waals surface area contributed by atoms with Crippen LogP contribution in [0, 0.1) is 0 Å². The van der Waals surface area contributed by atoms with E-state index in [2.05, 4.69) is 45.4 Å². The molecule has 0 atom stereocenters. The first-order valence-corrected chi connectivity index (χ1v) is 7.60. The Hall–Kier alpha value is -0.910. The van der Waals surface area contributed by atoms with Crippen LogP contribution in [0.4, 0.5) is 5.69 Å². The van der Waals surface area contributed by atoms with Crippen LogP contribution in [0.3, 0.4) is 0 Å². The maximum Gasteiger partial charge on any atom is 0.264 e. The first kappa shape index (κ1) is 17.1. The molecule has 0 fully saturated rings. The van der Waals surface area contributed by atoms with Gasteiger partial charge in [-0.1, -0.05) is 31.5 Å². The SMILES string of the molecule is CCCCS(=O)(=O)O.C[N+](C)(C)c1ccccc1. The van der Waals surface area contributed by atoms with Gasteiger partial charge in [0.25, 0.3) is 10.1 Å². The van der Waals surface area contributed by atoms with Crippen LogP contribution in [0.25, 0.3) is 0 Å². The summed E-state index contributed by atoms with van der Waals surface area (Å²) in [5, 5.41) is 0. The molecule has 5 heteroatoms. The van der Waals surface area contributed by atoms with Gasteiger partial charge in [-0.3, -0.25) is 9.04 Å². The molecule has 0 unspecified atom stereocenters. The van der Waals surface area contributed by atoms with Gasteiger partial charge in [0.1, 0.15) is 5.69 Å². The highest BCUT2D eigenvalue weighted by molar-refractivity contribution is 7.85. The lowest BCUT2D eigenvalue weighted by Crippen LogP contribution is -2.34. The van der Waals surface area contributed by atoms with Gasteiger partial charge < -0.3 is 0 Å². The van der Waals surface area contributed by atoms with Gasteiger partial charge in [0.05, 0.1) is 26.9 Å². The molecule has 0 aromatic heterocycles. The summed E-state index contributed by atoms with van der Waals surface area (Å²) in [5.41, 5.74) is 1.34. The highest BCUT2D eigenvalue weighted by Gasteiger charge is 2.08. The summed E-state index contributed by atoms with van der Waals surface area (Å²) in [5.74, 6) is -0.108.